The number of nitrogens with one attached hydrogen (secondary N) is 2. The fourth-order valence-corrected chi connectivity index (χ4v) is 2.27. The molecule has 1 heterocycles. The molecule has 104 valence electrons. The molecule has 19 heavy (non-hydrogen) atoms. The quantitative estimate of drug-likeness (QED) is 0.855. The highest BCUT2D eigenvalue weighted by Crippen LogP contribution is 2.17. The molecular formula is C15H22N2O2. The van der Waals surface area contributed by atoms with E-state index >= 15 is 0 Å². The molecule has 0 unspecified atom stereocenters. The van der Waals surface area contributed by atoms with Gasteiger partial charge in [-0.15, -0.1) is 0 Å². The second-order valence-electron chi connectivity index (χ2n) is 4.94. The van der Waals surface area contributed by atoms with Gasteiger partial charge < -0.3 is 15.4 Å². The molecule has 4 nitrogen and oxygen atoms in total. The summed E-state index contributed by atoms with van der Waals surface area (Å²) in [6.45, 7) is 3.05. The first-order chi connectivity index (χ1) is 9.34. The Morgan fingerprint density at radius 1 is 1.16 bits per heavy atom. The van der Waals surface area contributed by atoms with E-state index in [4.69, 9.17) is 4.74 Å². The maximum absolute atomic E-state index is 11.6. The first kappa shape index (κ1) is 13.9. The van der Waals surface area contributed by atoms with Crippen molar-refractivity contribution in [2.24, 2.45) is 5.92 Å². The first-order valence-electron chi connectivity index (χ1n) is 6.98. The summed E-state index contributed by atoms with van der Waals surface area (Å²) in [6, 6.07) is 9.83. The molecule has 1 aromatic carbocycles. The van der Waals surface area contributed by atoms with Gasteiger partial charge in [-0.1, -0.05) is 30.3 Å². The van der Waals surface area contributed by atoms with Gasteiger partial charge in [-0.05, 0) is 30.7 Å². The minimum atomic E-state index is -0.0871. The van der Waals surface area contributed by atoms with Gasteiger partial charge in [0, 0.05) is 26.3 Å². The van der Waals surface area contributed by atoms with E-state index in [1.165, 1.54) is 0 Å². The molecule has 1 aromatic rings. The lowest BCUT2D eigenvalue weighted by molar-refractivity contribution is 0.0642. The Morgan fingerprint density at radius 3 is 2.63 bits per heavy atom. The molecule has 0 saturated carbocycles. The number of hydrogen-bond donors (Lipinski definition) is 2. The van der Waals surface area contributed by atoms with Gasteiger partial charge in [-0.3, -0.25) is 0 Å². The molecule has 2 rings (SSSR count). The normalized spacial score (nSPS) is 16.0. The Labute approximate surface area is 114 Å². The van der Waals surface area contributed by atoms with Crippen molar-refractivity contribution in [2.75, 3.05) is 19.8 Å². The van der Waals surface area contributed by atoms with Crippen molar-refractivity contribution in [3.8, 4) is 0 Å². The topological polar surface area (TPSA) is 50.4 Å². The summed E-state index contributed by atoms with van der Waals surface area (Å²) in [7, 11) is 0. The van der Waals surface area contributed by atoms with Crippen LogP contribution >= 0.6 is 0 Å². The molecule has 0 atom stereocenters. The van der Waals surface area contributed by atoms with E-state index in [0.717, 1.165) is 44.6 Å². The minimum absolute atomic E-state index is 0.0871. The van der Waals surface area contributed by atoms with Crippen LogP contribution in [0.15, 0.2) is 30.3 Å². The zero-order valence-electron chi connectivity index (χ0n) is 11.2. The van der Waals surface area contributed by atoms with Gasteiger partial charge in [-0.25, -0.2) is 4.79 Å². The van der Waals surface area contributed by atoms with Crippen LogP contribution in [0.4, 0.5) is 4.79 Å². The van der Waals surface area contributed by atoms with Crippen LogP contribution in [0.25, 0.3) is 0 Å². The molecule has 0 radical (unpaired) electrons. The Bertz CT molecular complexity index is 375. The molecule has 1 fully saturated rings. The lowest BCUT2D eigenvalue weighted by Gasteiger charge is -2.21. The zero-order valence-corrected chi connectivity index (χ0v) is 11.2. The number of hydrogen-bond acceptors (Lipinski definition) is 2. The number of urea groups is 1. The van der Waals surface area contributed by atoms with Gasteiger partial charge >= 0.3 is 6.03 Å². The summed E-state index contributed by atoms with van der Waals surface area (Å²) in [5, 5.41) is 5.77. The average molecular weight is 262 g/mol. The van der Waals surface area contributed by atoms with Gasteiger partial charge in [0.2, 0.25) is 0 Å². The molecular weight excluding hydrogens is 240 g/mol. The summed E-state index contributed by atoms with van der Waals surface area (Å²) in [5.74, 6) is 0.697. The van der Waals surface area contributed by atoms with Gasteiger partial charge in [0.15, 0.2) is 0 Å². The fraction of sp³-hybridized carbons (Fsp3) is 0.533. The Kier molecular flexibility index (Phi) is 5.69. The number of rotatable bonds is 5. The van der Waals surface area contributed by atoms with Gasteiger partial charge in [-0.2, -0.15) is 0 Å². The SMILES string of the molecule is O=C(NCCC1CCOCC1)NCc1ccccc1. The van der Waals surface area contributed by atoms with Gasteiger partial charge in [0.05, 0.1) is 0 Å². The third-order valence-electron chi connectivity index (χ3n) is 3.47. The highest BCUT2D eigenvalue weighted by molar-refractivity contribution is 5.73. The smallest absolute Gasteiger partial charge is 0.315 e. The summed E-state index contributed by atoms with van der Waals surface area (Å²) in [6.07, 6.45) is 3.28. The van der Waals surface area contributed by atoms with Crippen molar-refractivity contribution < 1.29 is 9.53 Å². The van der Waals surface area contributed by atoms with Crippen LogP contribution < -0.4 is 10.6 Å². The lowest BCUT2D eigenvalue weighted by atomic mass is 9.97. The van der Waals surface area contributed by atoms with Crippen LogP contribution in [0.1, 0.15) is 24.8 Å². The number of carbonyl (C=O) groups excluding carboxylic acids is 1. The van der Waals surface area contributed by atoms with Crippen molar-refractivity contribution in [1.29, 1.82) is 0 Å². The standard InChI is InChI=1S/C15H22N2O2/c18-15(17-12-14-4-2-1-3-5-14)16-9-6-13-7-10-19-11-8-13/h1-5,13H,6-12H2,(H2,16,17,18). The van der Waals surface area contributed by atoms with Crippen molar-refractivity contribution in [3.05, 3.63) is 35.9 Å². The van der Waals surface area contributed by atoms with E-state index in [0.29, 0.717) is 12.5 Å². The predicted molar refractivity (Wildman–Crippen MR) is 74.8 cm³/mol. The summed E-state index contributed by atoms with van der Waals surface area (Å²) < 4.78 is 5.31. The van der Waals surface area contributed by atoms with Crippen molar-refractivity contribution >= 4 is 6.03 Å². The monoisotopic (exact) mass is 262 g/mol. The molecule has 0 spiro atoms. The maximum atomic E-state index is 11.6. The zero-order chi connectivity index (χ0) is 13.3. The molecule has 0 aromatic heterocycles. The average Bonchev–Trinajstić information content (AvgIpc) is 2.47. The molecule has 2 N–H and O–H groups in total. The second kappa shape index (κ2) is 7.79. The van der Waals surface area contributed by atoms with Crippen LogP contribution in [0.2, 0.25) is 0 Å². The molecule has 1 aliphatic heterocycles. The van der Waals surface area contributed by atoms with Crippen LogP contribution in [0.3, 0.4) is 0 Å². The van der Waals surface area contributed by atoms with Gasteiger partial charge in [0.1, 0.15) is 0 Å². The number of ether oxygens (including phenoxy) is 1. The first-order valence-corrected chi connectivity index (χ1v) is 6.98. The van der Waals surface area contributed by atoms with Crippen molar-refractivity contribution in [2.45, 2.75) is 25.8 Å². The third-order valence-corrected chi connectivity index (χ3v) is 3.47. The Balaban J connectivity index is 1.57. The van der Waals surface area contributed by atoms with Crippen molar-refractivity contribution in [3.63, 3.8) is 0 Å². The summed E-state index contributed by atoms with van der Waals surface area (Å²) in [5.41, 5.74) is 1.11. The Hall–Kier alpha value is -1.55. The minimum Gasteiger partial charge on any atom is -0.381 e. The highest BCUT2D eigenvalue weighted by Gasteiger charge is 2.13. The Morgan fingerprint density at radius 2 is 1.89 bits per heavy atom. The van der Waals surface area contributed by atoms with E-state index in [1.807, 2.05) is 30.3 Å². The summed E-state index contributed by atoms with van der Waals surface area (Å²) >= 11 is 0. The predicted octanol–water partition coefficient (Wildman–Crippen LogP) is 2.30. The van der Waals surface area contributed by atoms with E-state index in [-0.39, 0.29) is 6.03 Å². The highest BCUT2D eigenvalue weighted by atomic mass is 16.5. The van der Waals surface area contributed by atoms with Crippen LogP contribution in [0, 0.1) is 5.92 Å². The molecule has 4 heteroatoms. The largest absolute Gasteiger partial charge is 0.381 e. The van der Waals surface area contributed by atoms with E-state index < -0.39 is 0 Å². The molecule has 1 saturated heterocycles. The van der Waals surface area contributed by atoms with Crippen LogP contribution in [0.5, 0.6) is 0 Å². The third kappa shape index (κ3) is 5.30. The summed E-state index contributed by atoms with van der Waals surface area (Å²) in [4.78, 5) is 11.6. The lowest BCUT2D eigenvalue weighted by Crippen LogP contribution is -2.36. The van der Waals surface area contributed by atoms with E-state index in [1.54, 1.807) is 0 Å². The number of carbonyl (C=O) groups is 1. The molecule has 0 bridgehead atoms. The number of amides is 2. The van der Waals surface area contributed by atoms with Crippen LogP contribution in [-0.2, 0) is 11.3 Å². The van der Waals surface area contributed by atoms with E-state index in [2.05, 4.69) is 10.6 Å². The van der Waals surface area contributed by atoms with Gasteiger partial charge in [0.25, 0.3) is 0 Å². The second-order valence-corrected chi connectivity index (χ2v) is 4.94. The fourth-order valence-electron chi connectivity index (χ4n) is 2.27. The molecule has 1 aliphatic rings. The van der Waals surface area contributed by atoms with Crippen LogP contribution in [-0.4, -0.2) is 25.8 Å². The number of benzene rings is 1. The van der Waals surface area contributed by atoms with E-state index in [9.17, 15) is 4.79 Å². The molecule has 0 aliphatic carbocycles. The van der Waals surface area contributed by atoms with Crippen molar-refractivity contribution in [1.82, 2.24) is 10.6 Å². The molecule has 2 amide bonds. The maximum Gasteiger partial charge on any atom is 0.315 e.